The van der Waals surface area contributed by atoms with Crippen molar-refractivity contribution >= 4 is 23.2 Å². The Balaban J connectivity index is 1.44. The van der Waals surface area contributed by atoms with E-state index in [0.717, 1.165) is 24.2 Å². The second-order valence-corrected chi connectivity index (χ2v) is 7.76. The number of nitrogens with zero attached hydrogens (tertiary/aromatic N) is 3. The number of carbonyl (C=O) groups excluding carboxylic acids is 2. The molecule has 1 aliphatic carbocycles. The smallest absolute Gasteiger partial charge is 0.257 e. The summed E-state index contributed by atoms with van der Waals surface area (Å²) in [5.41, 5.74) is 3.42. The Kier molecular flexibility index (Phi) is 5.93. The molecular formula is C24H25N5O2. The van der Waals surface area contributed by atoms with E-state index in [1.807, 2.05) is 32.0 Å². The molecule has 0 saturated heterocycles. The first-order valence-electron chi connectivity index (χ1n) is 10.4. The minimum absolute atomic E-state index is 0.0610. The molecule has 0 aliphatic heterocycles. The van der Waals surface area contributed by atoms with Crippen molar-refractivity contribution in [3.63, 3.8) is 0 Å². The minimum atomic E-state index is -0.298. The van der Waals surface area contributed by atoms with Crippen LogP contribution in [0.3, 0.4) is 0 Å². The van der Waals surface area contributed by atoms with E-state index in [1.54, 1.807) is 28.9 Å². The van der Waals surface area contributed by atoms with Gasteiger partial charge in [-0.3, -0.25) is 9.59 Å². The van der Waals surface area contributed by atoms with Crippen LogP contribution in [0.15, 0.2) is 60.8 Å². The van der Waals surface area contributed by atoms with E-state index in [9.17, 15) is 9.59 Å². The van der Waals surface area contributed by atoms with Crippen LogP contribution < -0.4 is 10.6 Å². The van der Waals surface area contributed by atoms with E-state index in [-0.39, 0.29) is 17.7 Å². The molecule has 0 fully saturated rings. The number of carbonyl (C=O) groups is 2. The monoisotopic (exact) mass is 415 g/mol. The number of para-hydroxylation sites is 2. The van der Waals surface area contributed by atoms with E-state index >= 15 is 0 Å². The van der Waals surface area contributed by atoms with Crippen LogP contribution in [-0.4, -0.2) is 26.6 Å². The first kappa shape index (κ1) is 20.5. The summed E-state index contributed by atoms with van der Waals surface area (Å²) >= 11 is 0. The molecule has 158 valence electrons. The predicted octanol–water partition coefficient (Wildman–Crippen LogP) is 4.43. The number of pyridine rings is 1. The van der Waals surface area contributed by atoms with Crippen molar-refractivity contribution in [2.24, 2.45) is 5.92 Å². The van der Waals surface area contributed by atoms with Gasteiger partial charge in [0.05, 0.1) is 22.6 Å². The molecule has 4 rings (SSSR count). The van der Waals surface area contributed by atoms with Crippen molar-refractivity contribution < 1.29 is 9.59 Å². The molecule has 1 aliphatic rings. The lowest BCUT2D eigenvalue weighted by molar-refractivity contribution is -0.116. The number of allylic oxidation sites excluding steroid dienone is 2. The Hall–Kier alpha value is -3.74. The maximum Gasteiger partial charge on any atom is 0.257 e. The number of rotatable bonds is 6. The number of anilines is 2. The van der Waals surface area contributed by atoms with Crippen molar-refractivity contribution in [1.29, 1.82) is 0 Å². The zero-order valence-corrected chi connectivity index (χ0v) is 17.6. The van der Waals surface area contributed by atoms with E-state index in [0.29, 0.717) is 29.2 Å². The second-order valence-electron chi connectivity index (χ2n) is 7.76. The first-order valence-corrected chi connectivity index (χ1v) is 10.4. The number of nitrogens with one attached hydrogen (secondary N) is 2. The van der Waals surface area contributed by atoms with Crippen LogP contribution in [0, 0.1) is 19.8 Å². The highest BCUT2D eigenvalue weighted by Gasteiger charge is 2.16. The van der Waals surface area contributed by atoms with Gasteiger partial charge in [-0.2, -0.15) is 5.10 Å². The van der Waals surface area contributed by atoms with Crippen molar-refractivity contribution in [2.45, 2.75) is 33.1 Å². The van der Waals surface area contributed by atoms with Gasteiger partial charge < -0.3 is 10.6 Å². The van der Waals surface area contributed by atoms with Crippen molar-refractivity contribution in [3.05, 3.63) is 77.8 Å². The average molecular weight is 415 g/mol. The van der Waals surface area contributed by atoms with Crippen LogP contribution in [0.1, 0.15) is 41.0 Å². The number of aromatic nitrogens is 3. The standard InChI is InChI=1S/C24H25N5O2/c1-16-13-17(2)29(28-16)22-12-11-19(15-25-22)24(31)27-21-10-6-5-9-20(21)26-23(30)14-18-7-3-4-8-18/h3,5-7,9-13,15,18H,4,8,14H2,1-2H3,(H,26,30)(H,27,31). The minimum Gasteiger partial charge on any atom is -0.324 e. The molecule has 2 amide bonds. The fraction of sp³-hybridized carbons (Fsp3) is 0.250. The van der Waals surface area contributed by atoms with Gasteiger partial charge in [-0.05, 0) is 62.9 Å². The summed E-state index contributed by atoms with van der Waals surface area (Å²) in [6.07, 6.45) is 8.20. The second kappa shape index (κ2) is 8.95. The third kappa shape index (κ3) is 4.88. The molecule has 2 aromatic heterocycles. The van der Waals surface area contributed by atoms with Crippen molar-refractivity contribution in [1.82, 2.24) is 14.8 Å². The lowest BCUT2D eigenvalue weighted by Crippen LogP contribution is -2.18. The van der Waals surface area contributed by atoms with Gasteiger partial charge in [-0.15, -0.1) is 0 Å². The van der Waals surface area contributed by atoms with Crippen LogP contribution in [0.4, 0.5) is 11.4 Å². The number of aryl methyl sites for hydroxylation is 2. The van der Waals surface area contributed by atoms with Gasteiger partial charge in [0.25, 0.3) is 5.91 Å². The highest BCUT2D eigenvalue weighted by molar-refractivity contribution is 6.07. The molecule has 3 aromatic rings. The molecule has 2 heterocycles. The van der Waals surface area contributed by atoms with Crippen LogP contribution >= 0.6 is 0 Å². The maximum atomic E-state index is 12.8. The Morgan fingerprint density at radius 1 is 1.10 bits per heavy atom. The quantitative estimate of drug-likeness (QED) is 0.583. The highest BCUT2D eigenvalue weighted by atomic mass is 16.2. The fourth-order valence-corrected chi connectivity index (χ4v) is 3.71. The Bertz CT molecular complexity index is 1130. The third-order valence-electron chi connectivity index (χ3n) is 5.25. The van der Waals surface area contributed by atoms with Gasteiger partial charge in [0, 0.05) is 18.3 Å². The zero-order chi connectivity index (χ0) is 21.8. The molecule has 0 saturated carbocycles. The third-order valence-corrected chi connectivity index (χ3v) is 5.25. The van der Waals surface area contributed by atoms with Gasteiger partial charge in [0.2, 0.25) is 5.91 Å². The van der Waals surface area contributed by atoms with E-state index in [1.165, 1.54) is 6.20 Å². The van der Waals surface area contributed by atoms with Crippen molar-refractivity contribution in [3.8, 4) is 5.82 Å². The van der Waals surface area contributed by atoms with Crippen LogP contribution in [-0.2, 0) is 4.79 Å². The normalized spacial score (nSPS) is 15.1. The molecule has 31 heavy (non-hydrogen) atoms. The Morgan fingerprint density at radius 3 is 2.48 bits per heavy atom. The van der Waals surface area contributed by atoms with E-state index < -0.39 is 0 Å². The number of benzene rings is 1. The lowest BCUT2D eigenvalue weighted by atomic mass is 10.0. The van der Waals surface area contributed by atoms with Gasteiger partial charge >= 0.3 is 0 Å². The molecule has 0 radical (unpaired) electrons. The first-order chi connectivity index (χ1) is 15.0. The summed E-state index contributed by atoms with van der Waals surface area (Å²) in [4.78, 5) is 29.5. The van der Waals surface area contributed by atoms with Gasteiger partial charge in [0.15, 0.2) is 5.82 Å². The van der Waals surface area contributed by atoms with Crippen LogP contribution in [0.25, 0.3) is 5.82 Å². The van der Waals surface area contributed by atoms with Crippen LogP contribution in [0.5, 0.6) is 0 Å². The van der Waals surface area contributed by atoms with Gasteiger partial charge in [-0.1, -0.05) is 24.3 Å². The number of hydrogen-bond donors (Lipinski definition) is 2. The summed E-state index contributed by atoms with van der Waals surface area (Å²) in [7, 11) is 0. The molecule has 2 N–H and O–H groups in total. The average Bonchev–Trinajstić information content (AvgIpc) is 3.38. The topological polar surface area (TPSA) is 88.9 Å². The Morgan fingerprint density at radius 2 is 1.87 bits per heavy atom. The molecule has 7 nitrogen and oxygen atoms in total. The Labute approximate surface area is 181 Å². The summed E-state index contributed by atoms with van der Waals surface area (Å²) in [5.74, 6) is 0.575. The van der Waals surface area contributed by atoms with E-state index in [2.05, 4.69) is 32.9 Å². The molecule has 1 unspecified atom stereocenters. The molecule has 7 heteroatoms. The number of hydrogen-bond acceptors (Lipinski definition) is 4. The maximum absolute atomic E-state index is 12.8. The van der Waals surface area contributed by atoms with E-state index in [4.69, 9.17) is 0 Å². The zero-order valence-electron chi connectivity index (χ0n) is 17.6. The van der Waals surface area contributed by atoms with Crippen LogP contribution in [0.2, 0.25) is 0 Å². The SMILES string of the molecule is Cc1cc(C)n(-c2ccc(C(=O)Nc3ccccc3NC(=O)CC3C=CCC3)cn2)n1. The molecule has 0 bridgehead atoms. The highest BCUT2D eigenvalue weighted by Crippen LogP contribution is 2.25. The fourth-order valence-electron chi connectivity index (χ4n) is 3.71. The van der Waals surface area contributed by atoms with Gasteiger partial charge in [-0.25, -0.2) is 9.67 Å². The van der Waals surface area contributed by atoms with Gasteiger partial charge in [0.1, 0.15) is 0 Å². The number of amides is 2. The largest absolute Gasteiger partial charge is 0.324 e. The predicted molar refractivity (Wildman–Crippen MR) is 120 cm³/mol. The summed E-state index contributed by atoms with van der Waals surface area (Å²) < 4.78 is 1.74. The summed E-state index contributed by atoms with van der Waals surface area (Å²) in [5, 5.41) is 10.2. The molecule has 0 spiro atoms. The summed E-state index contributed by atoms with van der Waals surface area (Å²) in [6.45, 7) is 3.88. The lowest BCUT2D eigenvalue weighted by Gasteiger charge is -2.13. The summed E-state index contributed by atoms with van der Waals surface area (Å²) in [6, 6.07) is 12.6. The molecular weight excluding hydrogens is 390 g/mol. The molecule has 1 atom stereocenters. The van der Waals surface area contributed by atoms with Crippen molar-refractivity contribution in [2.75, 3.05) is 10.6 Å². The molecule has 1 aromatic carbocycles.